The SMILES string of the molecule is CCOc1ccccc1NC(=O)c1cccc(NS(=O)(=O)c2ccccc2)c1. The molecule has 7 heteroatoms. The van der Waals surface area contributed by atoms with E-state index < -0.39 is 10.0 Å². The largest absolute Gasteiger partial charge is 0.492 e. The molecule has 0 unspecified atom stereocenters. The van der Waals surface area contributed by atoms with Crippen LogP contribution >= 0.6 is 0 Å². The van der Waals surface area contributed by atoms with Crippen LogP contribution in [0.1, 0.15) is 17.3 Å². The molecule has 28 heavy (non-hydrogen) atoms. The lowest BCUT2D eigenvalue weighted by Crippen LogP contribution is -2.15. The van der Waals surface area contributed by atoms with Crippen molar-refractivity contribution in [1.29, 1.82) is 0 Å². The summed E-state index contributed by atoms with van der Waals surface area (Å²) in [5, 5.41) is 2.79. The van der Waals surface area contributed by atoms with E-state index in [0.29, 0.717) is 29.3 Å². The van der Waals surface area contributed by atoms with Crippen molar-refractivity contribution < 1.29 is 17.9 Å². The van der Waals surface area contributed by atoms with E-state index in [9.17, 15) is 13.2 Å². The van der Waals surface area contributed by atoms with Crippen molar-refractivity contribution in [3.63, 3.8) is 0 Å². The lowest BCUT2D eigenvalue weighted by atomic mass is 10.2. The predicted molar refractivity (Wildman–Crippen MR) is 109 cm³/mol. The molecule has 0 bridgehead atoms. The number of carbonyl (C=O) groups excluding carboxylic acids is 1. The molecule has 0 aliphatic rings. The van der Waals surface area contributed by atoms with Crippen LogP contribution in [-0.2, 0) is 10.0 Å². The van der Waals surface area contributed by atoms with Gasteiger partial charge in [0.1, 0.15) is 5.75 Å². The smallest absolute Gasteiger partial charge is 0.261 e. The Kier molecular flexibility index (Phi) is 5.96. The number of para-hydroxylation sites is 2. The molecule has 2 N–H and O–H groups in total. The third kappa shape index (κ3) is 4.69. The predicted octanol–water partition coefficient (Wildman–Crippen LogP) is 4.14. The average molecular weight is 396 g/mol. The second-order valence-electron chi connectivity index (χ2n) is 5.88. The maximum absolute atomic E-state index is 12.6. The van der Waals surface area contributed by atoms with E-state index in [0.717, 1.165) is 0 Å². The van der Waals surface area contributed by atoms with Gasteiger partial charge in [0.25, 0.3) is 15.9 Å². The number of hydrogen-bond acceptors (Lipinski definition) is 4. The number of nitrogens with one attached hydrogen (secondary N) is 2. The van der Waals surface area contributed by atoms with E-state index >= 15 is 0 Å². The molecule has 3 rings (SSSR count). The Bertz CT molecular complexity index is 1070. The summed E-state index contributed by atoms with van der Waals surface area (Å²) in [6.07, 6.45) is 0. The average Bonchev–Trinajstić information content (AvgIpc) is 2.70. The molecule has 0 aliphatic carbocycles. The molecular weight excluding hydrogens is 376 g/mol. The topological polar surface area (TPSA) is 84.5 Å². The van der Waals surface area contributed by atoms with Gasteiger partial charge < -0.3 is 10.1 Å². The fourth-order valence-corrected chi connectivity index (χ4v) is 3.65. The Morgan fingerprint density at radius 1 is 0.929 bits per heavy atom. The summed E-state index contributed by atoms with van der Waals surface area (Å²) in [4.78, 5) is 12.8. The van der Waals surface area contributed by atoms with Crippen LogP contribution in [0.2, 0.25) is 0 Å². The van der Waals surface area contributed by atoms with Crippen molar-refractivity contribution in [2.45, 2.75) is 11.8 Å². The van der Waals surface area contributed by atoms with Gasteiger partial charge in [-0.15, -0.1) is 0 Å². The maximum Gasteiger partial charge on any atom is 0.261 e. The molecule has 0 spiro atoms. The Morgan fingerprint density at radius 2 is 1.64 bits per heavy atom. The molecule has 0 atom stereocenters. The summed E-state index contributed by atoms with van der Waals surface area (Å²) in [7, 11) is -3.73. The molecule has 0 heterocycles. The van der Waals surface area contributed by atoms with Crippen LogP contribution in [0.5, 0.6) is 5.75 Å². The fourth-order valence-electron chi connectivity index (χ4n) is 2.58. The third-order valence-corrected chi connectivity index (χ3v) is 5.26. The lowest BCUT2D eigenvalue weighted by Gasteiger charge is -2.12. The Labute approximate surface area is 164 Å². The Hall–Kier alpha value is -3.32. The van der Waals surface area contributed by atoms with Crippen LogP contribution < -0.4 is 14.8 Å². The van der Waals surface area contributed by atoms with Crippen molar-refractivity contribution in [3.8, 4) is 5.75 Å². The monoisotopic (exact) mass is 396 g/mol. The highest BCUT2D eigenvalue weighted by molar-refractivity contribution is 7.92. The van der Waals surface area contributed by atoms with Gasteiger partial charge in [0.05, 0.1) is 17.2 Å². The van der Waals surface area contributed by atoms with E-state index in [2.05, 4.69) is 10.0 Å². The molecule has 144 valence electrons. The molecule has 0 aliphatic heterocycles. The van der Waals surface area contributed by atoms with Crippen LogP contribution in [0, 0.1) is 0 Å². The first-order chi connectivity index (χ1) is 13.5. The van der Waals surface area contributed by atoms with Crippen LogP contribution in [-0.4, -0.2) is 20.9 Å². The number of anilines is 2. The quantitative estimate of drug-likeness (QED) is 0.629. The molecule has 1 amide bonds. The summed E-state index contributed by atoms with van der Waals surface area (Å²) in [6.45, 7) is 2.34. The normalized spacial score (nSPS) is 10.9. The number of sulfonamides is 1. The van der Waals surface area contributed by atoms with Crippen molar-refractivity contribution >= 4 is 27.3 Å². The molecule has 6 nitrogen and oxygen atoms in total. The zero-order valence-electron chi connectivity index (χ0n) is 15.3. The Morgan fingerprint density at radius 3 is 2.39 bits per heavy atom. The molecule has 3 aromatic carbocycles. The number of carbonyl (C=O) groups is 1. The minimum absolute atomic E-state index is 0.149. The van der Waals surface area contributed by atoms with E-state index in [1.165, 1.54) is 18.2 Å². The van der Waals surface area contributed by atoms with Crippen LogP contribution in [0.4, 0.5) is 11.4 Å². The van der Waals surface area contributed by atoms with Crippen LogP contribution in [0.25, 0.3) is 0 Å². The van der Waals surface area contributed by atoms with Crippen molar-refractivity contribution in [2.75, 3.05) is 16.6 Å². The summed E-state index contributed by atoms with van der Waals surface area (Å²) in [6, 6.07) is 21.5. The highest BCUT2D eigenvalue weighted by Crippen LogP contribution is 2.25. The third-order valence-electron chi connectivity index (χ3n) is 3.87. The first-order valence-electron chi connectivity index (χ1n) is 8.71. The highest BCUT2D eigenvalue weighted by atomic mass is 32.2. The molecule has 0 radical (unpaired) electrons. The number of benzene rings is 3. The van der Waals surface area contributed by atoms with Crippen LogP contribution in [0.3, 0.4) is 0 Å². The van der Waals surface area contributed by atoms with E-state index in [1.807, 2.05) is 13.0 Å². The molecule has 0 aromatic heterocycles. The first kappa shape index (κ1) is 19.4. The molecule has 0 saturated heterocycles. The summed E-state index contributed by atoms with van der Waals surface area (Å²) in [5.41, 5.74) is 1.17. The van der Waals surface area contributed by atoms with Gasteiger partial charge in [-0.05, 0) is 49.4 Å². The second-order valence-corrected chi connectivity index (χ2v) is 7.57. The summed E-state index contributed by atoms with van der Waals surface area (Å²) in [5.74, 6) is 0.201. The van der Waals surface area contributed by atoms with E-state index in [1.54, 1.807) is 54.6 Å². The van der Waals surface area contributed by atoms with Crippen molar-refractivity contribution in [3.05, 3.63) is 84.4 Å². The summed E-state index contributed by atoms with van der Waals surface area (Å²) >= 11 is 0. The lowest BCUT2D eigenvalue weighted by molar-refractivity contribution is 0.102. The van der Waals surface area contributed by atoms with Gasteiger partial charge in [-0.1, -0.05) is 36.4 Å². The number of ether oxygens (including phenoxy) is 1. The zero-order valence-corrected chi connectivity index (χ0v) is 16.1. The maximum atomic E-state index is 12.6. The van der Waals surface area contributed by atoms with E-state index in [4.69, 9.17) is 4.74 Å². The zero-order chi connectivity index (χ0) is 20.0. The molecule has 0 fully saturated rings. The fraction of sp³-hybridized carbons (Fsp3) is 0.0952. The first-order valence-corrected chi connectivity index (χ1v) is 10.2. The van der Waals surface area contributed by atoms with Gasteiger partial charge in [-0.2, -0.15) is 0 Å². The standard InChI is InChI=1S/C21H20N2O4S/c1-2-27-20-14-7-6-13-19(20)22-21(24)16-9-8-10-17(15-16)23-28(25,26)18-11-4-3-5-12-18/h3-15,23H,2H2,1H3,(H,22,24). The van der Waals surface area contributed by atoms with Gasteiger partial charge in [0, 0.05) is 11.3 Å². The minimum atomic E-state index is -3.73. The summed E-state index contributed by atoms with van der Waals surface area (Å²) < 4.78 is 32.9. The molecular formula is C21H20N2O4S. The minimum Gasteiger partial charge on any atom is -0.492 e. The molecule has 0 saturated carbocycles. The van der Waals surface area contributed by atoms with Crippen molar-refractivity contribution in [1.82, 2.24) is 0 Å². The van der Waals surface area contributed by atoms with Crippen molar-refractivity contribution in [2.24, 2.45) is 0 Å². The van der Waals surface area contributed by atoms with E-state index in [-0.39, 0.29) is 10.8 Å². The highest BCUT2D eigenvalue weighted by Gasteiger charge is 2.15. The second kappa shape index (κ2) is 8.58. The Balaban J connectivity index is 1.79. The number of hydrogen-bond donors (Lipinski definition) is 2. The van der Waals surface area contributed by atoms with Gasteiger partial charge in [-0.25, -0.2) is 8.42 Å². The number of rotatable bonds is 7. The van der Waals surface area contributed by atoms with Crippen LogP contribution in [0.15, 0.2) is 83.8 Å². The van der Waals surface area contributed by atoms with Gasteiger partial charge in [0.15, 0.2) is 0 Å². The van der Waals surface area contributed by atoms with Gasteiger partial charge in [0.2, 0.25) is 0 Å². The number of amides is 1. The van der Waals surface area contributed by atoms with Gasteiger partial charge >= 0.3 is 0 Å². The molecule has 3 aromatic rings. The van der Waals surface area contributed by atoms with Gasteiger partial charge in [-0.3, -0.25) is 9.52 Å².